The van der Waals surface area contributed by atoms with Gasteiger partial charge in [-0.2, -0.15) is 0 Å². The SMILES string of the molecule is C[C@@H](CCc1ccccc1)NC(=O)CN1C(=O)NC2(CCCC2)C1=O. The van der Waals surface area contributed by atoms with Crippen LogP contribution in [0.5, 0.6) is 0 Å². The molecule has 6 heteroatoms. The lowest BCUT2D eigenvalue weighted by Crippen LogP contribution is -2.46. The molecule has 0 aromatic heterocycles. The van der Waals surface area contributed by atoms with Gasteiger partial charge in [-0.3, -0.25) is 14.5 Å². The minimum Gasteiger partial charge on any atom is -0.352 e. The Morgan fingerprint density at radius 2 is 1.92 bits per heavy atom. The summed E-state index contributed by atoms with van der Waals surface area (Å²) in [5, 5.41) is 5.68. The van der Waals surface area contributed by atoms with Crippen molar-refractivity contribution in [3.05, 3.63) is 35.9 Å². The van der Waals surface area contributed by atoms with Crippen molar-refractivity contribution in [2.75, 3.05) is 6.54 Å². The number of nitrogens with zero attached hydrogens (tertiary/aromatic N) is 1. The van der Waals surface area contributed by atoms with Gasteiger partial charge in [0.1, 0.15) is 12.1 Å². The predicted octanol–water partition coefficient (Wildman–Crippen LogP) is 1.99. The monoisotopic (exact) mass is 343 g/mol. The minimum atomic E-state index is -0.754. The van der Waals surface area contributed by atoms with E-state index in [1.165, 1.54) is 5.56 Å². The zero-order valence-corrected chi connectivity index (χ0v) is 14.6. The molecule has 1 aromatic rings. The number of rotatable bonds is 6. The van der Waals surface area contributed by atoms with Crippen LogP contribution in [0.1, 0.15) is 44.6 Å². The number of aryl methyl sites for hydroxylation is 1. The molecular formula is C19H25N3O3. The van der Waals surface area contributed by atoms with E-state index in [0.29, 0.717) is 12.8 Å². The van der Waals surface area contributed by atoms with E-state index in [9.17, 15) is 14.4 Å². The van der Waals surface area contributed by atoms with Gasteiger partial charge >= 0.3 is 6.03 Å². The Kier molecular flexibility index (Phi) is 5.06. The second kappa shape index (κ2) is 7.25. The van der Waals surface area contributed by atoms with Crippen molar-refractivity contribution in [2.24, 2.45) is 0 Å². The summed E-state index contributed by atoms with van der Waals surface area (Å²) in [4.78, 5) is 37.9. The lowest BCUT2D eigenvalue weighted by Gasteiger charge is -2.20. The maximum atomic E-state index is 12.5. The lowest BCUT2D eigenvalue weighted by atomic mass is 9.98. The van der Waals surface area contributed by atoms with E-state index in [1.807, 2.05) is 25.1 Å². The smallest absolute Gasteiger partial charge is 0.325 e. The fourth-order valence-corrected chi connectivity index (χ4v) is 3.70. The van der Waals surface area contributed by atoms with E-state index >= 15 is 0 Å². The minimum absolute atomic E-state index is 0.0195. The number of nitrogens with one attached hydrogen (secondary N) is 2. The molecule has 1 atom stereocenters. The van der Waals surface area contributed by atoms with E-state index in [2.05, 4.69) is 22.8 Å². The fraction of sp³-hybridized carbons (Fsp3) is 0.526. The molecule has 0 bridgehead atoms. The van der Waals surface area contributed by atoms with Crippen molar-refractivity contribution >= 4 is 17.8 Å². The first-order valence-corrected chi connectivity index (χ1v) is 8.97. The van der Waals surface area contributed by atoms with Crippen LogP contribution in [0, 0.1) is 0 Å². The first kappa shape index (κ1) is 17.5. The number of carbonyl (C=O) groups excluding carboxylic acids is 3. The van der Waals surface area contributed by atoms with Crippen LogP contribution < -0.4 is 10.6 Å². The van der Waals surface area contributed by atoms with Crippen molar-refractivity contribution in [3.8, 4) is 0 Å². The van der Waals surface area contributed by atoms with Crippen molar-refractivity contribution in [3.63, 3.8) is 0 Å². The molecule has 25 heavy (non-hydrogen) atoms. The normalized spacial score (nSPS) is 20.0. The summed E-state index contributed by atoms with van der Waals surface area (Å²) in [6, 6.07) is 9.62. The van der Waals surface area contributed by atoms with Crippen LogP contribution in [0.4, 0.5) is 4.79 Å². The molecule has 3 rings (SSSR count). The second-order valence-electron chi connectivity index (χ2n) is 7.10. The largest absolute Gasteiger partial charge is 0.352 e. The van der Waals surface area contributed by atoms with Crippen LogP contribution >= 0.6 is 0 Å². The summed E-state index contributed by atoms with van der Waals surface area (Å²) in [5.41, 5.74) is 0.469. The summed E-state index contributed by atoms with van der Waals surface area (Å²) >= 11 is 0. The van der Waals surface area contributed by atoms with E-state index in [0.717, 1.165) is 30.6 Å². The molecule has 1 saturated carbocycles. The summed E-state index contributed by atoms with van der Waals surface area (Å²) in [6.45, 7) is 1.73. The van der Waals surface area contributed by atoms with Crippen LogP contribution in [0.3, 0.4) is 0 Å². The molecule has 1 aromatic carbocycles. The van der Waals surface area contributed by atoms with Gasteiger partial charge in [0.2, 0.25) is 5.91 Å². The molecule has 1 spiro atoms. The lowest BCUT2D eigenvalue weighted by molar-refractivity contribution is -0.135. The molecule has 1 aliphatic heterocycles. The van der Waals surface area contributed by atoms with E-state index in [-0.39, 0.29) is 24.4 Å². The van der Waals surface area contributed by atoms with Gasteiger partial charge in [0.25, 0.3) is 5.91 Å². The van der Waals surface area contributed by atoms with Gasteiger partial charge in [-0.15, -0.1) is 0 Å². The molecule has 134 valence electrons. The number of benzene rings is 1. The summed E-state index contributed by atoms with van der Waals surface area (Å²) in [7, 11) is 0. The Balaban J connectivity index is 1.48. The molecule has 4 amide bonds. The topological polar surface area (TPSA) is 78.5 Å². The van der Waals surface area contributed by atoms with E-state index in [1.54, 1.807) is 0 Å². The third-order valence-corrected chi connectivity index (χ3v) is 5.12. The molecule has 1 heterocycles. The van der Waals surface area contributed by atoms with Crippen molar-refractivity contribution in [1.29, 1.82) is 0 Å². The van der Waals surface area contributed by atoms with Crippen molar-refractivity contribution in [2.45, 2.75) is 57.0 Å². The van der Waals surface area contributed by atoms with Gasteiger partial charge in [-0.05, 0) is 38.2 Å². The number of urea groups is 1. The van der Waals surface area contributed by atoms with Gasteiger partial charge < -0.3 is 10.6 Å². The molecule has 0 unspecified atom stereocenters. The maximum absolute atomic E-state index is 12.5. The maximum Gasteiger partial charge on any atom is 0.325 e. The number of amides is 4. The fourth-order valence-electron chi connectivity index (χ4n) is 3.70. The zero-order valence-electron chi connectivity index (χ0n) is 14.6. The Morgan fingerprint density at radius 1 is 1.24 bits per heavy atom. The van der Waals surface area contributed by atoms with Gasteiger partial charge in [-0.25, -0.2) is 4.79 Å². The van der Waals surface area contributed by atoms with Crippen LogP contribution in [0.2, 0.25) is 0 Å². The van der Waals surface area contributed by atoms with Crippen LogP contribution in [0.25, 0.3) is 0 Å². The highest BCUT2D eigenvalue weighted by atomic mass is 16.2. The molecule has 2 fully saturated rings. The number of hydrogen-bond donors (Lipinski definition) is 2. The zero-order chi connectivity index (χ0) is 17.9. The van der Waals surface area contributed by atoms with Crippen LogP contribution in [-0.4, -0.2) is 40.9 Å². The van der Waals surface area contributed by atoms with E-state index in [4.69, 9.17) is 0 Å². The predicted molar refractivity (Wildman–Crippen MR) is 93.8 cm³/mol. The average molecular weight is 343 g/mol. The van der Waals surface area contributed by atoms with Crippen LogP contribution in [-0.2, 0) is 16.0 Å². The Labute approximate surface area is 148 Å². The van der Waals surface area contributed by atoms with E-state index < -0.39 is 11.6 Å². The molecule has 1 saturated heterocycles. The van der Waals surface area contributed by atoms with Gasteiger partial charge in [-0.1, -0.05) is 43.2 Å². The third kappa shape index (κ3) is 3.83. The molecule has 2 aliphatic rings. The summed E-state index contributed by atoms with van der Waals surface area (Å²) in [5.74, 6) is -0.541. The van der Waals surface area contributed by atoms with Crippen molar-refractivity contribution in [1.82, 2.24) is 15.5 Å². The highest BCUT2D eigenvalue weighted by Crippen LogP contribution is 2.34. The quantitative estimate of drug-likeness (QED) is 0.775. The van der Waals surface area contributed by atoms with Gasteiger partial charge in [0, 0.05) is 6.04 Å². The molecule has 6 nitrogen and oxygen atoms in total. The van der Waals surface area contributed by atoms with Crippen molar-refractivity contribution < 1.29 is 14.4 Å². The summed E-state index contributed by atoms with van der Waals surface area (Å²) in [6.07, 6.45) is 4.88. The first-order chi connectivity index (χ1) is 12.0. The number of hydrogen-bond acceptors (Lipinski definition) is 3. The number of imide groups is 1. The summed E-state index contributed by atoms with van der Waals surface area (Å²) < 4.78 is 0. The Bertz CT molecular complexity index is 653. The molecule has 1 aliphatic carbocycles. The molecule has 2 N–H and O–H groups in total. The van der Waals surface area contributed by atoms with Gasteiger partial charge in [0.15, 0.2) is 0 Å². The highest BCUT2D eigenvalue weighted by Gasteiger charge is 2.52. The van der Waals surface area contributed by atoms with Crippen LogP contribution in [0.15, 0.2) is 30.3 Å². The Morgan fingerprint density at radius 3 is 2.60 bits per heavy atom. The Hall–Kier alpha value is -2.37. The second-order valence-corrected chi connectivity index (χ2v) is 7.10. The first-order valence-electron chi connectivity index (χ1n) is 8.97. The molecule has 0 radical (unpaired) electrons. The van der Waals surface area contributed by atoms with Gasteiger partial charge in [0.05, 0.1) is 0 Å². The molecular weight excluding hydrogens is 318 g/mol. The number of carbonyl (C=O) groups is 3. The average Bonchev–Trinajstić information content (AvgIpc) is 3.15. The standard InChI is InChI=1S/C19H25N3O3/c1-14(9-10-15-7-3-2-4-8-15)20-16(23)13-22-17(24)19(21-18(22)25)11-5-6-12-19/h2-4,7-8,14H,5-6,9-13H2,1H3,(H,20,23)(H,21,25)/t14-/m0/s1. The third-order valence-electron chi connectivity index (χ3n) is 5.12. The highest BCUT2D eigenvalue weighted by molar-refractivity contribution is 6.09.